The van der Waals surface area contributed by atoms with Crippen molar-refractivity contribution in [1.29, 1.82) is 0 Å². The first-order valence-electron chi connectivity index (χ1n) is 6.76. The number of nitrogens with zero attached hydrogens (tertiary/aromatic N) is 2. The van der Waals surface area contributed by atoms with Gasteiger partial charge in [-0.2, -0.15) is 0 Å². The lowest BCUT2D eigenvalue weighted by molar-refractivity contribution is 0.161. The third-order valence-corrected chi connectivity index (χ3v) is 3.57. The predicted octanol–water partition coefficient (Wildman–Crippen LogP) is 2.93. The van der Waals surface area contributed by atoms with E-state index in [1.807, 2.05) is 24.3 Å². The summed E-state index contributed by atoms with van der Waals surface area (Å²) in [5, 5.41) is 4.02. The summed E-state index contributed by atoms with van der Waals surface area (Å²) in [7, 11) is 0. The van der Waals surface area contributed by atoms with E-state index in [0.717, 1.165) is 37.2 Å². The van der Waals surface area contributed by atoms with Gasteiger partial charge in [-0.15, -0.1) is 0 Å². The molecule has 0 bridgehead atoms. The fraction of sp³-hybridized carbons (Fsp3) is 0.333. The summed E-state index contributed by atoms with van der Waals surface area (Å²) in [6, 6.07) is 7.48. The van der Waals surface area contributed by atoms with Crippen LogP contribution in [0.5, 0.6) is 5.75 Å². The molecule has 5 heteroatoms. The Kier molecular flexibility index (Phi) is 4.14. The van der Waals surface area contributed by atoms with Crippen LogP contribution in [0, 0.1) is 0 Å². The molecule has 104 valence electrons. The van der Waals surface area contributed by atoms with Gasteiger partial charge in [0.05, 0.1) is 12.4 Å². The molecule has 3 rings (SSSR count). The van der Waals surface area contributed by atoms with Gasteiger partial charge in [-0.25, -0.2) is 9.97 Å². The van der Waals surface area contributed by atoms with Gasteiger partial charge in [0.25, 0.3) is 0 Å². The van der Waals surface area contributed by atoms with Crippen LogP contribution in [-0.4, -0.2) is 29.2 Å². The maximum atomic E-state index is 5.88. The molecule has 1 fully saturated rings. The molecule has 0 spiro atoms. The minimum Gasteiger partial charge on any atom is -0.487 e. The van der Waals surface area contributed by atoms with Crippen LogP contribution in [0.4, 0.5) is 0 Å². The second-order valence-corrected chi connectivity index (χ2v) is 5.25. The highest BCUT2D eigenvalue weighted by atomic mass is 35.5. The van der Waals surface area contributed by atoms with E-state index in [2.05, 4.69) is 15.3 Å². The number of ether oxygens (including phenoxy) is 1. The first-order chi connectivity index (χ1) is 9.81. The molecule has 1 aliphatic heterocycles. The number of piperidine rings is 1. The van der Waals surface area contributed by atoms with E-state index in [9.17, 15) is 0 Å². The summed E-state index contributed by atoms with van der Waals surface area (Å²) in [5.41, 5.74) is 0.947. The average molecular weight is 290 g/mol. The summed E-state index contributed by atoms with van der Waals surface area (Å²) in [6.07, 6.45) is 5.79. The third kappa shape index (κ3) is 3.26. The fourth-order valence-corrected chi connectivity index (χ4v) is 2.36. The highest BCUT2D eigenvalue weighted by Crippen LogP contribution is 2.20. The molecule has 0 aliphatic carbocycles. The van der Waals surface area contributed by atoms with Gasteiger partial charge in [0.2, 0.25) is 0 Å². The second kappa shape index (κ2) is 6.20. The largest absolute Gasteiger partial charge is 0.487 e. The topological polar surface area (TPSA) is 47.0 Å². The van der Waals surface area contributed by atoms with E-state index in [4.69, 9.17) is 16.3 Å². The van der Waals surface area contributed by atoms with Gasteiger partial charge in [0, 0.05) is 10.6 Å². The zero-order valence-corrected chi connectivity index (χ0v) is 11.8. The molecule has 0 saturated carbocycles. The Morgan fingerprint density at radius 3 is 2.35 bits per heavy atom. The average Bonchev–Trinajstić information content (AvgIpc) is 2.50. The molecule has 2 aromatic rings. The molecule has 1 aliphatic rings. The summed E-state index contributed by atoms with van der Waals surface area (Å²) in [6.45, 7) is 2.02. The molecule has 1 aromatic heterocycles. The predicted molar refractivity (Wildman–Crippen MR) is 79.0 cm³/mol. The van der Waals surface area contributed by atoms with E-state index in [-0.39, 0.29) is 6.10 Å². The van der Waals surface area contributed by atoms with Crippen LogP contribution in [0.1, 0.15) is 12.8 Å². The van der Waals surface area contributed by atoms with Crippen molar-refractivity contribution in [3.63, 3.8) is 0 Å². The molecule has 0 unspecified atom stereocenters. The summed E-state index contributed by atoms with van der Waals surface area (Å²) < 4.78 is 5.88. The third-order valence-electron chi connectivity index (χ3n) is 3.32. The fourth-order valence-electron chi connectivity index (χ4n) is 2.23. The standard InChI is InChI=1S/C15H16ClN3O/c16-12-3-1-11(2-4-12)15-18-9-14(10-19-15)20-13-5-7-17-8-6-13/h1-4,9-10,13,17H,5-8H2. The summed E-state index contributed by atoms with van der Waals surface area (Å²) in [4.78, 5) is 8.70. The van der Waals surface area contributed by atoms with E-state index in [1.54, 1.807) is 12.4 Å². The zero-order valence-electron chi connectivity index (χ0n) is 11.1. The smallest absolute Gasteiger partial charge is 0.159 e. The lowest BCUT2D eigenvalue weighted by Gasteiger charge is -2.23. The van der Waals surface area contributed by atoms with Crippen LogP contribution in [0.2, 0.25) is 5.02 Å². The normalized spacial score (nSPS) is 16.1. The van der Waals surface area contributed by atoms with Crippen molar-refractivity contribution in [2.24, 2.45) is 0 Å². The number of rotatable bonds is 3. The summed E-state index contributed by atoms with van der Waals surface area (Å²) in [5.74, 6) is 1.41. The van der Waals surface area contributed by atoms with Crippen LogP contribution < -0.4 is 10.1 Å². The van der Waals surface area contributed by atoms with Crippen molar-refractivity contribution in [3.05, 3.63) is 41.7 Å². The Labute approximate surface area is 123 Å². The van der Waals surface area contributed by atoms with Gasteiger partial charge in [-0.05, 0) is 50.2 Å². The molecule has 0 amide bonds. The van der Waals surface area contributed by atoms with Crippen LogP contribution in [-0.2, 0) is 0 Å². The maximum Gasteiger partial charge on any atom is 0.159 e. The number of nitrogens with one attached hydrogen (secondary N) is 1. The zero-order chi connectivity index (χ0) is 13.8. The second-order valence-electron chi connectivity index (χ2n) is 4.82. The van der Waals surface area contributed by atoms with Gasteiger partial charge >= 0.3 is 0 Å². The minimum atomic E-state index is 0.265. The van der Waals surface area contributed by atoms with Gasteiger partial charge in [-0.3, -0.25) is 0 Å². The molecule has 2 heterocycles. The molecule has 1 N–H and O–H groups in total. The van der Waals surface area contributed by atoms with Crippen molar-refractivity contribution in [2.45, 2.75) is 18.9 Å². The number of halogens is 1. The van der Waals surface area contributed by atoms with Crippen molar-refractivity contribution in [2.75, 3.05) is 13.1 Å². The highest BCUT2D eigenvalue weighted by Gasteiger charge is 2.14. The molecule has 0 radical (unpaired) electrons. The van der Waals surface area contributed by atoms with E-state index in [0.29, 0.717) is 10.8 Å². The molecule has 0 atom stereocenters. The Morgan fingerprint density at radius 2 is 1.70 bits per heavy atom. The van der Waals surface area contributed by atoms with Crippen molar-refractivity contribution in [1.82, 2.24) is 15.3 Å². The van der Waals surface area contributed by atoms with E-state index in [1.165, 1.54) is 0 Å². The first-order valence-corrected chi connectivity index (χ1v) is 7.14. The SMILES string of the molecule is Clc1ccc(-c2ncc(OC3CCNCC3)cn2)cc1. The molecule has 1 saturated heterocycles. The van der Waals surface area contributed by atoms with E-state index >= 15 is 0 Å². The van der Waals surface area contributed by atoms with Crippen molar-refractivity contribution < 1.29 is 4.74 Å². The first kappa shape index (κ1) is 13.3. The quantitative estimate of drug-likeness (QED) is 0.944. The minimum absolute atomic E-state index is 0.265. The summed E-state index contributed by atoms with van der Waals surface area (Å²) >= 11 is 5.87. The lowest BCUT2D eigenvalue weighted by atomic mass is 10.1. The number of aromatic nitrogens is 2. The van der Waals surface area contributed by atoms with Gasteiger partial charge in [0.1, 0.15) is 6.10 Å². The van der Waals surface area contributed by atoms with Crippen molar-refractivity contribution in [3.8, 4) is 17.1 Å². The highest BCUT2D eigenvalue weighted by molar-refractivity contribution is 6.30. The molecule has 4 nitrogen and oxygen atoms in total. The van der Waals surface area contributed by atoms with Gasteiger partial charge in [-0.1, -0.05) is 11.6 Å². The monoisotopic (exact) mass is 289 g/mol. The maximum absolute atomic E-state index is 5.88. The van der Waals surface area contributed by atoms with Crippen LogP contribution >= 0.6 is 11.6 Å². The Bertz CT molecular complexity index is 550. The number of hydrogen-bond donors (Lipinski definition) is 1. The number of benzene rings is 1. The molecular formula is C15H16ClN3O. The molecule has 1 aromatic carbocycles. The molecular weight excluding hydrogens is 274 g/mol. The number of hydrogen-bond acceptors (Lipinski definition) is 4. The Balaban J connectivity index is 1.69. The van der Waals surface area contributed by atoms with Gasteiger partial charge in [0.15, 0.2) is 11.6 Å². The Hall–Kier alpha value is -1.65. The Morgan fingerprint density at radius 1 is 1.05 bits per heavy atom. The van der Waals surface area contributed by atoms with Crippen LogP contribution in [0.15, 0.2) is 36.7 Å². The van der Waals surface area contributed by atoms with Crippen LogP contribution in [0.25, 0.3) is 11.4 Å². The van der Waals surface area contributed by atoms with Crippen molar-refractivity contribution >= 4 is 11.6 Å². The lowest BCUT2D eigenvalue weighted by Crippen LogP contribution is -2.34. The van der Waals surface area contributed by atoms with Crippen LogP contribution in [0.3, 0.4) is 0 Å². The van der Waals surface area contributed by atoms with Gasteiger partial charge < -0.3 is 10.1 Å². The molecule has 20 heavy (non-hydrogen) atoms. The van der Waals surface area contributed by atoms with E-state index < -0.39 is 0 Å².